The van der Waals surface area contributed by atoms with Crippen molar-refractivity contribution in [1.82, 2.24) is 0 Å². The fraction of sp³-hybridized carbons (Fsp3) is 0.444. The van der Waals surface area contributed by atoms with Crippen molar-refractivity contribution in [2.24, 2.45) is 0 Å². The molecule has 6 nitrogen and oxygen atoms in total. The summed E-state index contributed by atoms with van der Waals surface area (Å²) < 4.78 is 0. The van der Waals surface area contributed by atoms with Gasteiger partial charge in [-0.3, -0.25) is 9.59 Å². The number of aliphatic carboxylic acids is 2. The standard InChI is InChI=1S/C18H24O6/c1-9-13(17(3,4)7-11(19)20)16(24)10(2)14(15(9)23)18(5,6)8-12(21)22/h23-24H,1-2,7-8H2,3-6H3,(H,19,20)(H,21,22). The molecule has 1 rings (SSSR count). The maximum Gasteiger partial charge on any atom is 0.304 e. The van der Waals surface area contributed by atoms with E-state index >= 15 is 0 Å². The number of phenols is 2. The van der Waals surface area contributed by atoms with Crippen LogP contribution in [0.15, 0.2) is 0 Å². The molecule has 0 aromatic heterocycles. The van der Waals surface area contributed by atoms with Crippen molar-refractivity contribution in [3.63, 3.8) is 0 Å². The van der Waals surface area contributed by atoms with Gasteiger partial charge in [-0.1, -0.05) is 40.9 Å². The topological polar surface area (TPSA) is 115 Å². The molecular formula is C18H24O6. The summed E-state index contributed by atoms with van der Waals surface area (Å²) in [5.74, 6) is -2.65. The highest BCUT2D eigenvalue weighted by Crippen LogP contribution is 2.36. The Balaban J connectivity index is 3.76. The monoisotopic (exact) mass is 336 g/mol. The number of phenolic OH excluding ortho intramolecular Hbond substituents is 2. The first-order valence-electron chi connectivity index (χ1n) is 7.42. The molecule has 0 aliphatic rings. The Morgan fingerprint density at radius 2 is 1.04 bits per heavy atom. The fourth-order valence-electron chi connectivity index (χ4n) is 3.22. The van der Waals surface area contributed by atoms with Gasteiger partial charge in [0.2, 0.25) is 0 Å². The molecule has 1 aromatic carbocycles. The lowest BCUT2D eigenvalue weighted by atomic mass is 9.74. The van der Waals surface area contributed by atoms with E-state index in [0.29, 0.717) is 0 Å². The van der Waals surface area contributed by atoms with Gasteiger partial charge in [0.05, 0.1) is 12.8 Å². The first-order valence-corrected chi connectivity index (χ1v) is 7.42. The zero-order chi connectivity index (χ0) is 19.0. The zero-order valence-electron chi connectivity index (χ0n) is 14.4. The maximum atomic E-state index is 11.1. The summed E-state index contributed by atoms with van der Waals surface area (Å²) in [4.78, 5) is 22.2. The first kappa shape index (κ1) is 19.5. The molecule has 0 fully saturated rings. The van der Waals surface area contributed by atoms with E-state index in [1.165, 1.54) is 0 Å². The molecule has 0 unspecified atom stereocenters. The van der Waals surface area contributed by atoms with Gasteiger partial charge >= 0.3 is 11.9 Å². The number of carboxylic acid groups (broad SMARTS) is 2. The van der Waals surface area contributed by atoms with Crippen LogP contribution >= 0.6 is 0 Å². The minimum absolute atomic E-state index is 0.0830. The van der Waals surface area contributed by atoms with Crippen LogP contribution in [-0.4, -0.2) is 32.4 Å². The lowest BCUT2D eigenvalue weighted by Crippen LogP contribution is -2.36. The highest BCUT2D eigenvalue weighted by Gasteiger charge is 2.34. The summed E-state index contributed by atoms with van der Waals surface area (Å²) in [5, 5.41) is 39.5. The summed E-state index contributed by atoms with van der Waals surface area (Å²) >= 11 is 0. The van der Waals surface area contributed by atoms with Crippen LogP contribution in [0.2, 0.25) is 0 Å². The number of rotatable bonds is 6. The quantitative estimate of drug-likeness (QED) is 0.584. The van der Waals surface area contributed by atoms with Gasteiger partial charge in [-0.25, -0.2) is 0 Å². The van der Waals surface area contributed by atoms with Crippen molar-refractivity contribution in [3.8, 4) is 11.5 Å². The van der Waals surface area contributed by atoms with Gasteiger partial charge in [0.1, 0.15) is 11.5 Å². The van der Waals surface area contributed by atoms with Gasteiger partial charge in [0.25, 0.3) is 0 Å². The summed E-state index contributed by atoms with van der Waals surface area (Å²) in [6, 6.07) is 0. The third-order valence-electron chi connectivity index (χ3n) is 4.19. The summed E-state index contributed by atoms with van der Waals surface area (Å²) in [6.45, 7) is 14.0. The second-order valence-electron chi connectivity index (χ2n) is 7.31. The number of hydrogen-bond donors (Lipinski definition) is 4. The molecule has 0 radical (unpaired) electrons. The normalized spacial score (nSPS) is 12.2. The van der Waals surface area contributed by atoms with E-state index in [0.717, 1.165) is 0 Å². The Labute approximate surface area is 140 Å². The molecular weight excluding hydrogens is 312 g/mol. The van der Waals surface area contributed by atoms with Crippen molar-refractivity contribution >= 4 is 25.1 Å². The van der Waals surface area contributed by atoms with Crippen LogP contribution in [0.4, 0.5) is 0 Å². The van der Waals surface area contributed by atoms with Gasteiger partial charge < -0.3 is 20.4 Å². The molecule has 0 saturated carbocycles. The minimum Gasteiger partial charge on any atom is -0.507 e. The Kier molecular flexibility index (Phi) is 5.04. The SMILES string of the molecule is C=c1c(O)c(C(C)(C)CC(=O)O)c(=C)c(O)c1C(C)(C)CC(=O)O. The second kappa shape index (κ2) is 6.19. The van der Waals surface area contributed by atoms with Crippen molar-refractivity contribution in [2.45, 2.75) is 51.4 Å². The molecule has 0 aliphatic heterocycles. The average Bonchev–Trinajstić information content (AvgIpc) is 2.32. The number of hydrogen-bond acceptors (Lipinski definition) is 4. The predicted molar refractivity (Wildman–Crippen MR) is 90.6 cm³/mol. The van der Waals surface area contributed by atoms with Gasteiger partial charge in [0.15, 0.2) is 0 Å². The third-order valence-corrected chi connectivity index (χ3v) is 4.19. The van der Waals surface area contributed by atoms with Crippen LogP contribution in [0.25, 0.3) is 13.2 Å². The Hall–Kier alpha value is -2.50. The van der Waals surface area contributed by atoms with E-state index in [2.05, 4.69) is 13.2 Å². The fourth-order valence-corrected chi connectivity index (χ4v) is 3.22. The molecule has 0 amide bonds. The number of carbonyl (C=O) groups is 2. The van der Waals surface area contributed by atoms with Crippen LogP contribution in [0, 0.1) is 0 Å². The van der Waals surface area contributed by atoms with Crippen molar-refractivity contribution in [2.75, 3.05) is 0 Å². The van der Waals surface area contributed by atoms with E-state index in [-0.39, 0.29) is 45.9 Å². The highest BCUT2D eigenvalue weighted by molar-refractivity contribution is 5.71. The Bertz CT molecular complexity index is 721. The van der Waals surface area contributed by atoms with Crippen molar-refractivity contribution < 1.29 is 30.0 Å². The van der Waals surface area contributed by atoms with E-state index in [9.17, 15) is 19.8 Å². The maximum absolute atomic E-state index is 11.1. The second-order valence-corrected chi connectivity index (χ2v) is 7.31. The smallest absolute Gasteiger partial charge is 0.304 e. The molecule has 0 spiro atoms. The molecule has 0 atom stereocenters. The van der Waals surface area contributed by atoms with Crippen LogP contribution in [0.5, 0.6) is 11.5 Å². The Morgan fingerprint density at radius 1 is 0.792 bits per heavy atom. The lowest BCUT2D eigenvalue weighted by Gasteiger charge is -2.30. The molecule has 24 heavy (non-hydrogen) atoms. The number of benzene rings is 1. The van der Waals surface area contributed by atoms with E-state index in [1.54, 1.807) is 27.7 Å². The molecule has 6 heteroatoms. The minimum atomic E-state index is -1.06. The van der Waals surface area contributed by atoms with Crippen molar-refractivity contribution in [1.29, 1.82) is 0 Å². The molecule has 132 valence electrons. The third kappa shape index (κ3) is 3.53. The largest absolute Gasteiger partial charge is 0.507 e. The molecule has 1 aromatic rings. The summed E-state index contributed by atoms with van der Waals surface area (Å²) in [7, 11) is 0. The van der Waals surface area contributed by atoms with Gasteiger partial charge in [-0.2, -0.15) is 0 Å². The van der Waals surface area contributed by atoms with Gasteiger partial charge in [-0.05, 0) is 0 Å². The van der Waals surface area contributed by atoms with Gasteiger partial charge in [0, 0.05) is 32.4 Å². The average molecular weight is 336 g/mol. The van der Waals surface area contributed by atoms with Gasteiger partial charge in [-0.15, -0.1) is 0 Å². The van der Waals surface area contributed by atoms with Crippen LogP contribution in [0.3, 0.4) is 0 Å². The predicted octanol–water partition coefficient (Wildman–Crippen LogP) is 1.42. The van der Waals surface area contributed by atoms with E-state index in [1.807, 2.05) is 0 Å². The number of carboxylic acids is 2. The Morgan fingerprint density at radius 3 is 1.25 bits per heavy atom. The first-order chi connectivity index (χ1) is 10.7. The highest BCUT2D eigenvalue weighted by atomic mass is 16.4. The summed E-state index contributed by atoms with van der Waals surface area (Å²) in [6.07, 6.45) is -0.556. The molecule has 4 N–H and O–H groups in total. The molecule has 0 aliphatic carbocycles. The zero-order valence-corrected chi connectivity index (χ0v) is 14.4. The number of aromatic hydroxyl groups is 2. The van der Waals surface area contributed by atoms with E-state index in [4.69, 9.17) is 10.2 Å². The molecule has 0 bridgehead atoms. The van der Waals surface area contributed by atoms with Crippen LogP contribution < -0.4 is 10.4 Å². The van der Waals surface area contributed by atoms with Crippen LogP contribution in [-0.2, 0) is 20.4 Å². The van der Waals surface area contributed by atoms with Crippen LogP contribution in [0.1, 0.15) is 51.7 Å². The molecule has 0 heterocycles. The molecule has 0 saturated heterocycles. The summed E-state index contributed by atoms with van der Waals surface area (Å²) in [5.41, 5.74) is -1.59. The van der Waals surface area contributed by atoms with Crippen molar-refractivity contribution in [3.05, 3.63) is 21.6 Å². The lowest BCUT2D eigenvalue weighted by molar-refractivity contribution is -0.139. The van der Waals surface area contributed by atoms with E-state index < -0.39 is 22.8 Å².